The first-order valence-electron chi connectivity index (χ1n) is 9.74. The fourth-order valence-electron chi connectivity index (χ4n) is 3.33. The monoisotopic (exact) mass is 437 g/mol. The fourth-order valence-corrected chi connectivity index (χ4v) is 4.17. The van der Waals surface area contributed by atoms with Crippen molar-refractivity contribution < 1.29 is 9.18 Å². The lowest BCUT2D eigenvalue weighted by Crippen LogP contribution is -2.40. The van der Waals surface area contributed by atoms with Gasteiger partial charge in [0.05, 0.1) is 12.1 Å². The molecule has 6 nitrogen and oxygen atoms in total. The number of thiophene rings is 1. The number of hydrogen-bond acceptors (Lipinski definition) is 4. The van der Waals surface area contributed by atoms with Crippen LogP contribution in [0.2, 0.25) is 0 Å². The number of hydrogen-bond donors (Lipinski definition) is 1. The van der Waals surface area contributed by atoms with Gasteiger partial charge >= 0.3 is 5.69 Å². The van der Waals surface area contributed by atoms with Gasteiger partial charge in [-0.1, -0.05) is 29.8 Å². The minimum Gasteiger partial charge on any atom is -0.326 e. The SMILES string of the molecule is Cc1ccc(Cn2c(=O)n(CCC(=O)Nc3ccc(F)cc3)c(=O)c3sccc32)cc1. The Morgan fingerprint density at radius 1 is 1.00 bits per heavy atom. The van der Waals surface area contributed by atoms with E-state index in [0.717, 1.165) is 15.7 Å². The van der Waals surface area contributed by atoms with E-state index in [4.69, 9.17) is 0 Å². The summed E-state index contributed by atoms with van der Waals surface area (Å²) in [7, 11) is 0. The number of rotatable bonds is 6. The molecule has 31 heavy (non-hydrogen) atoms. The molecule has 0 radical (unpaired) electrons. The van der Waals surface area contributed by atoms with Crippen molar-refractivity contribution in [2.75, 3.05) is 5.32 Å². The number of aromatic nitrogens is 2. The van der Waals surface area contributed by atoms with Gasteiger partial charge in [-0.05, 0) is 48.2 Å². The predicted molar refractivity (Wildman–Crippen MR) is 120 cm³/mol. The van der Waals surface area contributed by atoms with E-state index in [1.165, 1.54) is 35.6 Å². The molecule has 2 heterocycles. The predicted octanol–water partition coefficient (Wildman–Crippen LogP) is 3.75. The van der Waals surface area contributed by atoms with Gasteiger partial charge in [-0.2, -0.15) is 0 Å². The van der Waals surface area contributed by atoms with E-state index >= 15 is 0 Å². The van der Waals surface area contributed by atoms with E-state index in [1.807, 2.05) is 31.2 Å². The van der Waals surface area contributed by atoms with Crippen LogP contribution < -0.4 is 16.6 Å². The van der Waals surface area contributed by atoms with Crippen molar-refractivity contribution in [2.45, 2.75) is 26.4 Å². The zero-order chi connectivity index (χ0) is 22.0. The van der Waals surface area contributed by atoms with Gasteiger partial charge < -0.3 is 5.32 Å². The van der Waals surface area contributed by atoms with Crippen LogP contribution in [0, 0.1) is 12.7 Å². The molecule has 4 aromatic rings. The minimum absolute atomic E-state index is 0.0492. The second-order valence-electron chi connectivity index (χ2n) is 7.25. The fraction of sp³-hybridized carbons (Fsp3) is 0.174. The molecular formula is C23H20FN3O3S. The average Bonchev–Trinajstić information content (AvgIpc) is 3.24. The van der Waals surface area contributed by atoms with Crippen LogP contribution in [0.1, 0.15) is 17.5 Å². The zero-order valence-electron chi connectivity index (χ0n) is 16.8. The standard InChI is InChI=1S/C23H20FN3O3S/c1-15-2-4-16(5-3-15)14-27-19-11-13-31-21(19)22(29)26(23(27)30)12-10-20(28)25-18-8-6-17(24)7-9-18/h2-9,11,13H,10,12,14H2,1H3,(H,25,28). The van der Waals surface area contributed by atoms with Crippen LogP contribution in [0.3, 0.4) is 0 Å². The number of amides is 1. The topological polar surface area (TPSA) is 73.1 Å². The summed E-state index contributed by atoms with van der Waals surface area (Å²) in [6, 6.07) is 15.0. The lowest BCUT2D eigenvalue weighted by molar-refractivity contribution is -0.116. The zero-order valence-corrected chi connectivity index (χ0v) is 17.6. The van der Waals surface area contributed by atoms with Crippen molar-refractivity contribution in [2.24, 2.45) is 0 Å². The number of nitrogens with one attached hydrogen (secondary N) is 1. The minimum atomic E-state index is -0.453. The lowest BCUT2D eigenvalue weighted by atomic mass is 10.1. The first kappa shape index (κ1) is 20.7. The largest absolute Gasteiger partial charge is 0.331 e. The maximum atomic E-state index is 13.1. The number of halogens is 1. The lowest BCUT2D eigenvalue weighted by Gasteiger charge is -2.13. The number of benzene rings is 2. The molecule has 0 fully saturated rings. The van der Waals surface area contributed by atoms with Crippen LogP contribution >= 0.6 is 11.3 Å². The van der Waals surface area contributed by atoms with Crippen molar-refractivity contribution in [3.63, 3.8) is 0 Å². The maximum Gasteiger partial charge on any atom is 0.331 e. The third-order valence-corrected chi connectivity index (χ3v) is 5.88. The van der Waals surface area contributed by atoms with Gasteiger partial charge in [0.25, 0.3) is 5.56 Å². The van der Waals surface area contributed by atoms with Gasteiger partial charge in [0.2, 0.25) is 5.91 Å². The Kier molecular flexibility index (Phi) is 5.81. The van der Waals surface area contributed by atoms with E-state index in [0.29, 0.717) is 22.4 Å². The van der Waals surface area contributed by atoms with Crippen LogP contribution in [0.5, 0.6) is 0 Å². The van der Waals surface area contributed by atoms with Crippen molar-refractivity contribution >= 4 is 33.1 Å². The Hall–Kier alpha value is -3.52. The van der Waals surface area contributed by atoms with Gasteiger partial charge in [0.15, 0.2) is 0 Å². The molecule has 2 aromatic carbocycles. The van der Waals surface area contributed by atoms with Gasteiger partial charge in [-0.15, -0.1) is 11.3 Å². The van der Waals surface area contributed by atoms with Gasteiger partial charge in [0, 0.05) is 18.7 Å². The molecule has 158 valence electrons. The highest BCUT2D eigenvalue weighted by Gasteiger charge is 2.15. The number of carbonyl (C=O) groups is 1. The van der Waals surface area contributed by atoms with Crippen molar-refractivity contribution in [3.8, 4) is 0 Å². The first-order valence-corrected chi connectivity index (χ1v) is 10.6. The summed E-state index contributed by atoms with van der Waals surface area (Å²) in [4.78, 5) is 38.3. The van der Waals surface area contributed by atoms with Crippen LogP contribution in [-0.2, 0) is 17.9 Å². The number of nitrogens with zero attached hydrogens (tertiary/aromatic N) is 2. The summed E-state index contributed by atoms with van der Waals surface area (Å²) in [6.45, 7) is 2.27. The molecule has 8 heteroatoms. The summed E-state index contributed by atoms with van der Waals surface area (Å²) in [5.41, 5.74) is 2.25. The summed E-state index contributed by atoms with van der Waals surface area (Å²) >= 11 is 1.27. The first-order chi connectivity index (χ1) is 14.9. The van der Waals surface area contributed by atoms with Crippen molar-refractivity contribution in [3.05, 3.63) is 97.8 Å². The molecule has 1 N–H and O–H groups in total. The quantitative estimate of drug-likeness (QED) is 0.499. The molecule has 0 unspecified atom stereocenters. The third kappa shape index (κ3) is 4.49. The van der Waals surface area contributed by atoms with E-state index in [-0.39, 0.29) is 18.9 Å². The van der Waals surface area contributed by atoms with E-state index in [9.17, 15) is 18.8 Å². The second kappa shape index (κ2) is 8.69. The molecule has 0 aliphatic heterocycles. The molecule has 2 aromatic heterocycles. The smallest absolute Gasteiger partial charge is 0.326 e. The number of carbonyl (C=O) groups excluding carboxylic acids is 1. The summed E-state index contributed by atoms with van der Waals surface area (Å²) in [5, 5.41) is 4.42. The molecule has 0 atom stereocenters. The summed E-state index contributed by atoms with van der Waals surface area (Å²) in [5.74, 6) is -0.766. The van der Waals surface area contributed by atoms with Crippen LogP contribution in [-0.4, -0.2) is 15.0 Å². The highest BCUT2D eigenvalue weighted by Crippen LogP contribution is 2.17. The van der Waals surface area contributed by atoms with Gasteiger partial charge in [-0.3, -0.25) is 18.7 Å². The normalized spacial score (nSPS) is 11.0. The molecule has 0 spiro atoms. The molecular weight excluding hydrogens is 417 g/mol. The Morgan fingerprint density at radius 3 is 2.42 bits per heavy atom. The summed E-state index contributed by atoms with van der Waals surface area (Å²) < 4.78 is 16.2. The van der Waals surface area contributed by atoms with Gasteiger partial charge in [-0.25, -0.2) is 9.18 Å². The highest BCUT2D eigenvalue weighted by atomic mass is 32.1. The second-order valence-corrected chi connectivity index (χ2v) is 8.17. The van der Waals surface area contributed by atoms with E-state index in [1.54, 1.807) is 16.0 Å². The molecule has 0 aliphatic rings. The Morgan fingerprint density at radius 2 is 1.71 bits per heavy atom. The molecule has 0 bridgehead atoms. The van der Waals surface area contributed by atoms with Crippen molar-refractivity contribution in [1.82, 2.24) is 9.13 Å². The Labute approximate surface area is 181 Å². The maximum absolute atomic E-state index is 13.1. The van der Waals surface area contributed by atoms with Crippen LogP contribution in [0.4, 0.5) is 10.1 Å². The number of anilines is 1. The Balaban J connectivity index is 1.60. The van der Waals surface area contributed by atoms with Gasteiger partial charge in [0.1, 0.15) is 10.5 Å². The number of aryl methyl sites for hydroxylation is 1. The molecule has 4 rings (SSSR count). The van der Waals surface area contributed by atoms with Crippen LogP contribution in [0.25, 0.3) is 10.2 Å². The van der Waals surface area contributed by atoms with E-state index in [2.05, 4.69) is 5.32 Å². The highest BCUT2D eigenvalue weighted by molar-refractivity contribution is 7.17. The Bertz CT molecular complexity index is 1350. The summed E-state index contributed by atoms with van der Waals surface area (Å²) in [6.07, 6.45) is -0.0616. The molecule has 0 saturated heterocycles. The molecule has 0 aliphatic carbocycles. The third-order valence-electron chi connectivity index (χ3n) is 4.99. The number of fused-ring (bicyclic) bond motifs is 1. The molecule has 0 saturated carbocycles. The van der Waals surface area contributed by atoms with E-state index < -0.39 is 17.1 Å². The van der Waals surface area contributed by atoms with Crippen LogP contribution in [0.15, 0.2) is 69.6 Å². The van der Waals surface area contributed by atoms with Crippen molar-refractivity contribution in [1.29, 1.82) is 0 Å². The molecule has 1 amide bonds. The average molecular weight is 437 g/mol.